The fraction of sp³-hybridized carbons (Fsp3) is 0.368. The average Bonchev–Trinajstić information content (AvgIpc) is 2.55. The first-order valence-electron chi connectivity index (χ1n) is 7.69. The van der Waals surface area contributed by atoms with Gasteiger partial charge in [0.25, 0.3) is 0 Å². The van der Waals surface area contributed by atoms with Crippen LogP contribution in [-0.2, 0) is 11.3 Å². The van der Waals surface area contributed by atoms with Crippen LogP contribution in [0.3, 0.4) is 0 Å². The van der Waals surface area contributed by atoms with Crippen molar-refractivity contribution >= 4 is 0 Å². The number of aliphatic hydroxyl groups is 1. The maximum absolute atomic E-state index is 10.4. The highest BCUT2D eigenvalue weighted by Crippen LogP contribution is 2.15. The average molecular weight is 299 g/mol. The molecule has 2 aromatic carbocycles. The second-order valence-corrected chi connectivity index (χ2v) is 5.64. The Labute approximate surface area is 133 Å². The molecule has 1 unspecified atom stereocenters. The van der Waals surface area contributed by atoms with Gasteiger partial charge in [0.15, 0.2) is 0 Å². The molecule has 0 aliphatic carbocycles. The molecule has 0 aliphatic heterocycles. The predicted molar refractivity (Wildman–Crippen MR) is 89.7 cm³/mol. The summed E-state index contributed by atoms with van der Waals surface area (Å²) in [5.74, 6) is 0. The first-order valence-corrected chi connectivity index (χ1v) is 7.69. The Hall–Kier alpha value is -1.68. The van der Waals surface area contributed by atoms with E-state index in [4.69, 9.17) is 4.74 Å². The molecule has 0 aliphatic rings. The summed E-state index contributed by atoms with van der Waals surface area (Å²) in [6, 6.07) is 18.3. The Balaban J connectivity index is 2.00. The summed E-state index contributed by atoms with van der Waals surface area (Å²) in [7, 11) is 1.71. The normalized spacial score (nSPS) is 12.5. The van der Waals surface area contributed by atoms with Crippen molar-refractivity contribution < 1.29 is 9.84 Å². The lowest BCUT2D eigenvalue weighted by molar-refractivity contribution is 0.0849. The van der Waals surface area contributed by atoms with E-state index in [0.29, 0.717) is 13.2 Å². The third kappa shape index (κ3) is 5.26. The Morgan fingerprint density at radius 2 is 1.73 bits per heavy atom. The molecule has 0 radical (unpaired) electrons. The monoisotopic (exact) mass is 299 g/mol. The van der Waals surface area contributed by atoms with E-state index in [9.17, 15) is 5.11 Å². The van der Waals surface area contributed by atoms with Crippen LogP contribution >= 0.6 is 0 Å². The van der Waals surface area contributed by atoms with Crippen LogP contribution in [-0.4, -0.2) is 36.8 Å². The van der Waals surface area contributed by atoms with Gasteiger partial charge in [0.05, 0.1) is 12.7 Å². The summed E-state index contributed by atoms with van der Waals surface area (Å²) in [6.45, 7) is 4.96. The number of benzene rings is 2. The molecule has 0 heterocycles. The number of aryl methyl sites for hydroxylation is 1. The van der Waals surface area contributed by atoms with E-state index in [2.05, 4.69) is 36.1 Å². The third-order valence-electron chi connectivity index (χ3n) is 3.75. The molecule has 3 nitrogen and oxygen atoms in total. The van der Waals surface area contributed by atoms with Gasteiger partial charge in [-0.25, -0.2) is 0 Å². The second-order valence-electron chi connectivity index (χ2n) is 5.64. The number of aliphatic hydroxyl groups excluding tert-OH is 1. The molecule has 0 spiro atoms. The van der Waals surface area contributed by atoms with Gasteiger partial charge in [-0.15, -0.1) is 0 Å². The topological polar surface area (TPSA) is 32.7 Å². The lowest BCUT2D eigenvalue weighted by atomic mass is 10.1. The van der Waals surface area contributed by atoms with Crippen molar-refractivity contribution in [2.45, 2.75) is 19.6 Å². The molecule has 0 bridgehead atoms. The van der Waals surface area contributed by atoms with Crippen LogP contribution < -0.4 is 0 Å². The van der Waals surface area contributed by atoms with Crippen molar-refractivity contribution in [1.82, 2.24) is 4.90 Å². The summed E-state index contributed by atoms with van der Waals surface area (Å²) in [5, 5.41) is 10.4. The summed E-state index contributed by atoms with van der Waals surface area (Å²) >= 11 is 0. The van der Waals surface area contributed by atoms with Crippen LogP contribution in [0.4, 0.5) is 0 Å². The molecule has 118 valence electrons. The Morgan fingerprint density at radius 1 is 1.05 bits per heavy atom. The molecule has 3 heteroatoms. The third-order valence-corrected chi connectivity index (χ3v) is 3.75. The Bertz CT molecular complexity index is 539. The fourth-order valence-corrected chi connectivity index (χ4v) is 2.43. The van der Waals surface area contributed by atoms with Crippen LogP contribution in [0.1, 0.15) is 22.8 Å². The van der Waals surface area contributed by atoms with Gasteiger partial charge in [-0.1, -0.05) is 60.2 Å². The minimum absolute atomic E-state index is 0.483. The van der Waals surface area contributed by atoms with Gasteiger partial charge in [0, 0.05) is 26.7 Å². The Kier molecular flexibility index (Phi) is 6.59. The molecule has 1 atom stereocenters. The van der Waals surface area contributed by atoms with Crippen LogP contribution in [0.2, 0.25) is 0 Å². The van der Waals surface area contributed by atoms with Crippen LogP contribution in [0.25, 0.3) is 0 Å². The predicted octanol–water partition coefficient (Wildman–Crippen LogP) is 3.18. The zero-order valence-electron chi connectivity index (χ0n) is 13.4. The van der Waals surface area contributed by atoms with E-state index >= 15 is 0 Å². The number of nitrogens with zero attached hydrogens (tertiary/aromatic N) is 1. The van der Waals surface area contributed by atoms with Crippen LogP contribution in [0.15, 0.2) is 54.6 Å². The van der Waals surface area contributed by atoms with E-state index in [1.54, 1.807) is 7.11 Å². The standard InChI is InChI=1S/C19H25NO2/c1-16-8-10-17(11-9-16)14-20(12-13-22-2)15-19(21)18-6-4-3-5-7-18/h3-11,19,21H,12-15H2,1-2H3. The van der Waals surface area contributed by atoms with Gasteiger partial charge in [-0.3, -0.25) is 4.90 Å². The number of ether oxygens (including phenoxy) is 1. The molecule has 2 aromatic rings. The van der Waals surface area contributed by atoms with Crippen molar-refractivity contribution in [3.8, 4) is 0 Å². The highest BCUT2D eigenvalue weighted by molar-refractivity contribution is 5.21. The Morgan fingerprint density at radius 3 is 2.36 bits per heavy atom. The molecule has 1 N–H and O–H groups in total. The van der Waals surface area contributed by atoms with Gasteiger partial charge in [0.2, 0.25) is 0 Å². The minimum atomic E-state index is -0.483. The molecular weight excluding hydrogens is 274 g/mol. The summed E-state index contributed by atoms with van der Waals surface area (Å²) in [4.78, 5) is 2.23. The molecule has 0 saturated heterocycles. The lowest BCUT2D eigenvalue weighted by Crippen LogP contribution is -2.31. The van der Waals surface area contributed by atoms with E-state index in [1.807, 2.05) is 30.3 Å². The highest BCUT2D eigenvalue weighted by Gasteiger charge is 2.13. The highest BCUT2D eigenvalue weighted by atomic mass is 16.5. The smallest absolute Gasteiger partial charge is 0.0917 e. The molecule has 22 heavy (non-hydrogen) atoms. The minimum Gasteiger partial charge on any atom is -0.387 e. The quantitative estimate of drug-likeness (QED) is 0.812. The fourth-order valence-electron chi connectivity index (χ4n) is 2.43. The lowest BCUT2D eigenvalue weighted by Gasteiger charge is -2.25. The molecular formula is C19H25NO2. The van der Waals surface area contributed by atoms with Crippen LogP contribution in [0.5, 0.6) is 0 Å². The van der Waals surface area contributed by atoms with Gasteiger partial charge in [-0.2, -0.15) is 0 Å². The zero-order chi connectivity index (χ0) is 15.8. The van der Waals surface area contributed by atoms with E-state index in [-0.39, 0.29) is 0 Å². The number of hydrogen-bond acceptors (Lipinski definition) is 3. The number of rotatable bonds is 8. The van der Waals surface area contributed by atoms with Gasteiger partial charge < -0.3 is 9.84 Å². The zero-order valence-corrected chi connectivity index (χ0v) is 13.4. The summed E-state index contributed by atoms with van der Waals surface area (Å²) in [5.41, 5.74) is 3.47. The molecule has 0 fully saturated rings. The maximum Gasteiger partial charge on any atom is 0.0917 e. The first-order chi connectivity index (χ1) is 10.7. The van der Waals surface area contributed by atoms with Crippen molar-refractivity contribution in [3.05, 3.63) is 71.3 Å². The molecule has 0 saturated carbocycles. The van der Waals surface area contributed by atoms with Gasteiger partial charge >= 0.3 is 0 Å². The largest absolute Gasteiger partial charge is 0.387 e. The van der Waals surface area contributed by atoms with Gasteiger partial charge in [0.1, 0.15) is 0 Å². The first kappa shape index (κ1) is 16.7. The van der Waals surface area contributed by atoms with Crippen LogP contribution in [0, 0.1) is 6.92 Å². The SMILES string of the molecule is COCCN(Cc1ccc(C)cc1)CC(O)c1ccccc1. The van der Waals surface area contributed by atoms with E-state index < -0.39 is 6.10 Å². The number of hydrogen-bond donors (Lipinski definition) is 1. The molecule has 2 rings (SSSR count). The van der Waals surface area contributed by atoms with Gasteiger partial charge in [-0.05, 0) is 18.1 Å². The van der Waals surface area contributed by atoms with Crippen molar-refractivity contribution in [2.24, 2.45) is 0 Å². The van der Waals surface area contributed by atoms with E-state index in [1.165, 1.54) is 11.1 Å². The summed E-state index contributed by atoms with van der Waals surface area (Å²) < 4.78 is 5.19. The summed E-state index contributed by atoms with van der Waals surface area (Å²) in [6.07, 6.45) is -0.483. The second kappa shape index (κ2) is 8.69. The molecule has 0 amide bonds. The van der Waals surface area contributed by atoms with Crippen molar-refractivity contribution in [1.29, 1.82) is 0 Å². The van der Waals surface area contributed by atoms with Crippen molar-refractivity contribution in [2.75, 3.05) is 26.8 Å². The maximum atomic E-state index is 10.4. The molecule has 0 aromatic heterocycles. The number of methoxy groups -OCH3 is 1. The van der Waals surface area contributed by atoms with Crippen molar-refractivity contribution in [3.63, 3.8) is 0 Å². The van der Waals surface area contributed by atoms with E-state index in [0.717, 1.165) is 18.7 Å².